The van der Waals surface area contributed by atoms with Crippen molar-refractivity contribution < 1.29 is 5.11 Å². The molecule has 0 saturated carbocycles. The van der Waals surface area contributed by atoms with Gasteiger partial charge in [-0.2, -0.15) is 0 Å². The van der Waals surface area contributed by atoms with Gasteiger partial charge < -0.3 is 10.4 Å². The van der Waals surface area contributed by atoms with Gasteiger partial charge in [0.1, 0.15) is 0 Å². The Morgan fingerprint density at radius 1 is 1.14 bits per heavy atom. The van der Waals surface area contributed by atoms with E-state index in [-0.39, 0.29) is 0 Å². The molecule has 0 radical (unpaired) electrons. The molecule has 0 aliphatic rings. The Kier molecular flexibility index (Phi) is 6.07. The summed E-state index contributed by atoms with van der Waals surface area (Å²) >= 11 is 12.0. The molecule has 112 valence electrons. The molecule has 0 heterocycles. The van der Waals surface area contributed by atoms with Crippen molar-refractivity contribution >= 4 is 23.2 Å². The van der Waals surface area contributed by atoms with Crippen molar-refractivity contribution in [3.63, 3.8) is 0 Å². The standard InChI is InChI=1S/C17H19Cl2NO/c1-12-3-2-4-13(9-12)7-8-20-11-17(21)15-10-14(18)5-6-16(15)19/h2-6,9-10,17,20-21H,7-8,11H2,1H3. The van der Waals surface area contributed by atoms with E-state index in [0.717, 1.165) is 13.0 Å². The second-order valence-corrected chi connectivity index (χ2v) is 5.97. The van der Waals surface area contributed by atoms with Crippen LogP contribution in [-0.4, -0.2) is 18.2 Å². The normalized spacial score (nSPS) is 12.4. The largest absolute Gasteiger partial charge is 0.387 e. The van der Waals surface area contributed by atoms with Gasteiger partial charge in [-0.15, -0.1) is 0 Å². The lowest BCUT2D eigenvalue weighted by Crippen LogP contribution is -2.24. The zero-order valence-corrected chi connectivity index (χ0v) is 13.5. The topological polar surface area (TPSA) is 32.3 Å². The van der Waals surface area contributed by atoms with Gasteiger partial charge in [-0.3, -0.25) is 0 Å². The average Bonchev–Trinajstić information content (AvgIpc) is 2.46. The van der Waals surface area contributed by atoms with Gasteiger partial charge in [0.15, 0.2) is 0 Å². The van der Waals surface area contributed by atoms with Crippen molar-refractivity contribution in [1.82, 2.24) is 5.32 Å². The number of nitrogens with one attached hydrogen (secondary N) is 1. The molecule has 1 atom stereocenters. The molecule has 1 unspecified atom stereocenters. The Morgan fingerprint density at radius 3 is 2.71 bits per heavy atom. The Balaban J connectivity index is 1.82. The highest BCUT2D eigenvalue weighted by atomic mass is 35.5. The number of aliphatic hydroxyl groups excluding tert-OH is 1. The highest BCUT2D eigenvalue weighted by Crippen LogP contribution is 2.25. The summed E-state index contributed by atoms with van der Waals surface area (Å²) in [4.78, 5) is 0. The number of benzene rings is 2. The minimum Gasteiger partial charge on any atom is -0.387 e. The highest BCUT2D eigenvalue weighted by molar-refractivity contribution is 6.33. The minimum atomic E-state index is -0.659. The number of hydrogen-bond acceptors (Lipinski definition) is 2. The van der Waals surface area contributed by atoms with E-state index in [4.69, 9.17) is 23.2 Å². The second kappa shape index (κ2) is 7.81. The van der Waals surface area contributed by atoms with E-state index in [0.29, 0.717) is 22.2 Å². The Labute approximate surface area is 135 Å². The van der Waals surface area contributed by atoms with Crippen LogP contribution in [0, 0.1) is 6.92 Å². The van der Waals surface area contributed by atoms with Crippen LogP contribution in [0.2, 0.25) is 10.0 Å². The molecule has 0 amide bonds. The number of aryl methyl sites for hydroxylation is 1. The second-order valence-electron chi connectivity index (χ2n) is 5.12. The zero-order valence-electron chi connectivity index (χ0n) is 11.9. The van der Waals surface area contributed by atoms with Gasteiger partial charge in [0, 0.05) is 22.2 Å². The van der Waals surface area contributed by atoms with Gasteiger partial charge in [-0.1, -0.05) is 53.0 Å². The lowest BCUT2D eigenvalue weighted by Gasteiger charge is -2.14. The summed E-state index contributed by atoms with van der Waals surface area (Å²) in [6, 6.07) is 13.6. The van der Waals surface area contributed by atoms with Gasteiger partial charge in [0.25, 0.3) is 0 Å². The van der Waals surface area contributed by atoms with Crippen LogP contribution in [0.3, 0.4) is 0 Å². The van der Waals surface area contributed by atoms with Gasteiger partial charge in [-0.05, 0) is 43.7 Å². The molecule has 2 aromatic rings. The van der Waals surface area contributed by atoms with Crippen molar-refractivity contribution in [2.45, 2.75) is 19.4 Å². The third-order valence-corrected chi connectivity index (χ3v) is 3.91. The molecule has 0 spiro atoms. The maximum Gasteiger partial charge on any atom is 0.0929 e. The van der Waals surface area contributed by atoms with E-state index in [1.54, 1.807) is 18.2 Å². The molecule has 21 heavy (non-hydrogen) atoms. The summed E-state index contributed by atoms with van der Waals surface area (Å²) in [6.07, 6.45) is 0.270. The van der Waals surface area contributed by atoms with Crippen LogP contribution >= 0.6 is 23.2 Å². The van der Waals surface area contributed by atoms with E-state index in [1.165, 1.54) is 11.1 Å². The maximum atomic E-state index is 10.2. The fraction of sp³-hybridized carbons (Fsp3) is 0.294. The van der Waals surface area contributed by atoms with Crippen LogP contribution in [0.5, 0.6) is 0 Å². The molecular formula is C17H19Cl2NO. The minimum absolute atomic E-state index is 0.450. The van der Waals surface area contributed by atoms with Gasteiger partial charge >= 0.3 is 0 Å². The lowest BCUT2D eigenvalue weighted by molar-refractivity contribution is 0.175. The summed E-state index contributed by atoms with van der Waals surface area (Å²) in [5, 5.41) is 14.5. The van der Waals surface area contributed by atoms with Crippen LogP contribution in [0.15, 0.2) is 42.5 Å². The molecule has 0 bridgehead atoms. The first-order valence-electron chi connectivity index (χ1n) is 6.95. The van der Waals surface area contributed by atoms with E-state index < -0.39 is 6.10 Å². The molecule has 2 aromatic carbocycles. The lowest BCUT2D eigenvalue weighted by atomic mass is 10.1. The van der Waals surface area contributed by atoms with Crippen molar-refractivity contribution in [2.24, 2.45) is 0 Å². The van der Waals surface area contributed by atoms with E-state index >= 15 is 0 Å². The number of halogens is 2. The molecule has 0 saturated heterocycles. The summed E-state index contributed by atoms with van der Waals surface area (Å²) in [6.45, 7) is 3.34. The third kappa shape index (κ3) is 5.01. The van der Waals surface area contributed by atoms with E-state index in [9.17, 15) is 5.11 Å². The first-order valence-corrected chi connectivity index (χ1v) is 7.71. The molecule has 0 fully saturated rings. The summed E-state index contributed by atoms with van der Waals surface area (Å²) in [5.74, 6) is 0. The van der Waals surface area contributed by atoms with Crippen LogP contribution in [0.1, 0.15) is 22.8 Å². The Morgan fingerprint density at radius 2 is 1.95 bits per heavy atom. The molecule has 0 aliphatic heterocycles. The highest BCUT2D eigenvalue weighted by Gasteiger charge is 2.11. The molecule has 0 aromatic heterocycles. The average molecular weight is 324 g/mol. The number of rotatable bonds is 6. The number of hydrogen-bond donors (Lipinski definition) is 2. The van der Waals surface area contributed by atoms with Crippen molar-refractivity contribution in [2.75, 3.05) is 13.1 Å². The van der Waals surface area contributed by atoms with Gasteiger partial charge in [0.2, 0.25) is 0 Å². The summed E-state index contributed by atoms with van der Waals surface area (Å²) in [5.41, 5.74) is 3.21. The van der Waals surface area contributed by atoms with Crippen LogP contribution < -0.4 is 5.32 Å². The Hall–Kier alpha value is -1.06. The fourth-order valence-electron chi connectivity index (χ4n) is 2.22. The SMILES string of the molecule is Cc1cccc(CCNCC(O)c2cc(Cl)ccc2Cl)c1. The molecule has 4 heteroatoms. The predicted octanol–water partition coefficient (Wildman–Crippen LogP) is 4.17. The van der Waals surface area contributed by atoms with E-state index in [2.05, 4.69) is 36.5 Å². The Bertz CT molecular complexity index is 601. The molecule has 2 rings (SSSR count). The third-order valence-electron chi connectivity index (χ3n) is 3.33. The monoisotopic (exact) mass is 323 g/mol. The van der Waals surface area contributed by atoms with Crippen molar-refractivity contribution in [1.29, 1.82) is 0 Å². The van der Waals surface area contributed by atoms with Gasteiger partial charge in [-0.25, -0.2) is 0 Å². The fourth-order valence-corrected chi connectivity index (χ4v) is 2.64. The van der Waals surface area contributed by atoms with Crippen molar-refractivity contribution in [3.8, 4) is 0 Å². The van der Waals surface area contributed by atoms with E-state index in [1.807, 2.05) is 0 Å². The molecule has 2 nitrogen and oxygen atoms in total. The van der Waals surface area contributed by atoms with Gasteiger partial charge in [0.05, 0.1) is 6.10 Å². The quantitative estimate of drug-likeness (QED) is 0.782. The van der Waals surface area contributed by atoms with Crippen LogP contribution in [-0.2, 0) is 6.42 Å². The van der Waals surface area contributed by atoms with Crippen molar-refractivity contribution in [3.05, 3.63) is 69.2 Å². The first-order chi connectivity index (χ1) is 10.1. The summed E-state index contributed by atoms with van der Waals surface area (Å²) < 4.78 is 0. The smallest absolute Gasteiger partial charge is 0.0929 e. The number of aliphatic hydroxyl groups is 1. The van der Waals surface area contributed by atoms with Crippen LogP contribution in [0.4, 0.5) is 0 Å². The molecule has 2 N–H and O–H groups in total. The maximum absolute atomic E-state index is 10.2. The molecule has 0 aliphatic carbocycles. The zero-order chi connectivity index (χ0) is 15.2. The van der Waals surface area contributed by atoms with Crippen LogP contribution in [0.25, 0.3) is 0 Å². The first kappa shape index (κ1) is 16.3. The predicted molar refractivity (Wildman–Crippen MR) is 89.2 cm³/mol. The summed E-state index contributed by atoms with van der Waals surface area (Å²) in [7, 11) is 0. The molecular weight excluding hydrogens is 305 g/mol.